The number of nitrogens with one attached hydrogen (secondary N) is 1. The molecule has 3 rings (SSSR count). The van der Waals surface area contributed by atoms with E-state index in [-0.39, 0.29) is 17.9 Å². The molecule has 100 valence electrons. The highest BCUT2D eigenvalue weighted by atomic mass is 16.2. The van der Waals surface area contributed by atoms with E-state index in [9.17, 15) is 9.59 Å². The van der Waals surface area contributed by atoms with E-state index in [1.165, 1.54) is 12.8 Å². The lowest BCUT2D eigenvalue weighted by Crippen LogP contribution is -2.70. The number of amides is 2. The Hall–Kier alpha value is -1.06. The molecule has 2 amide bonds. The van der Waals surface area contributed by atoms with Crippen LogP contribution in [-0.2, 0) is 9.59 Å². The Morgan fingerprint density at radius 3 is 2.50 bits per heavy atom. The first-order valence-corrected chi connectivity index (χ1v) is 7.16. The molecule has 3 fully saturated rings. The first-order valence-electron chi connectivity index (χ1n) is 7.16. The lowest BCUT2D eigenvalue weighted by molar-refractivity contribution is -0.157. The third-order valence-corrected chi connectivity index (χ3v) is 4.83. The first-order chi connectivity index (χ1) is 8.53. The maximum absolute atomic E-state index is 12.4. The molecule has 0 aromatic heterocycles. The predicted octanol–water partition coefficient (Wildman–Crippen LogP) is 1.30. The molecular weight excluding hydrogens is 228 g/mol. The summed E-state index contributed by atoms with van der Waals surface area (Å²) in [7, 11) is 0. The minimum Gasteiger partial charge on any atom is -0.343 e. The lowest BCUT2D eigenvalue weighted by atomic mass is 9.88. The van der Waals surface area contributed by atoms with Crippen LogP contribution in [0.2, 0.25) is 0 Å². The van der Waals surface area contributed by atoms with Crippen LogP contribution >= 0.6 is 0 Å². The molecule has 4 nitrogen and oxygen atoms in total. The molecule has 18 heavy (non-hydrogen) atoms. The molecule has 3 aliphatic rings. The van der Waals surface area contributed by atoms with Gasteiger partial charge in [-0.15, -0.1) is 0 Å². The van der Waals surface area contributed by atoms with Crippen molar-refractivity contribution in [3.8, 4) is 0 Å². The van der Waals surface area contributed by atoms with Crippen LogP contribution in [-0.4, -0.2) is 34.8 Å². The summed E-state index contributed by atoms with van der Waals surface area (Å²) >= 11 is 0. The van der Waals surface area contributed by atoms with Gasteiger partial charge in [0.1, 0.15) is 11.6 Å². The molecule has 0 aromatic carbocycles. The van der Waals surface area contributed by atoms with Gasteiger partial charge in [-0.05, 0) is 44.9 Å². The minimum atomic E-state index is -0.585. The van der Waals surface area contributed by atoms with Crippen LogP contribution in [0.15, 0.2) is 0 Å². The SMILES string of the molecule is CC1NC(=O)C(C)(C2CC2)N(CCC2CC2)C1=O. The van der Waals surface area contributed by atoms with Crippen molar-refractivity contribution in [2.75, 3.05) is 6.54 Å². The second-order valence-electron chi connectivity index (χ2n) is 6.34. The van der Waals surface area contributed by atoms with Gasteiger partial charge in [-0.2, -0.15) is 0 Å². The highest BCUT2D eigenvalue weighted by Crippen LogP contribution is 2.45. The normalized spacial score (nSPS) is 36.8. The average Bonchev–Trinajstić information content (AvgIpc) is 3.16. The zero-order valence-electron chi connectivity index (χ0n) is 11.2. The molecule has 0 bridgehead atoms. The van der Waals surface area contributed by atoms with Gasteiger partial charge in [-0.1, -0.05) is 12.8 Å². The van der Waals surface area contributed by atoms with E-state index in [1.807, 2.05) is 11.8 Å². The molecule has 0 aromatic rings. The summed E-state index contributed by atoms with van der Waals surface area (Å²) in [5, 5.41) is 2.84. The molecule has 0 spiro atoms. The minimum absolute atomic E-state index is 0.0490. The number of hydrogen-bond acceptors (Lipinski definition) is 2. The molecule has 0 radical (unpaired) electrons. The Morgan fingerprint density at radius 1 is 1.28 bits per heavy atom. The first kappa shape index (κ1) is 12.0. The van der Waals surface area contributed by atoms with Crippen molar-refractivity contribution in [2.24, 2.45) is 11.8 Å². The highest BCUT2D eigenvalue weighted by molar-refractivity contribution is 5.99. The van der Waals surface area contributed by atoms with Gasteiger partial charge < -0.3 is 10.2 Å². The lowest BCUT2D eigenvalue weighted by Gasteiger charge is -2.46. The second-order valence-corrected chi connectivity index (χ2v) is 6.34. The Kier molecular flexibility index (Phi) is 2.65. The molecule has 1 aliphatic heterocycles. The summed E-state index contributed by atoms with van der Waals surface area (Å²) in [5.74, 6) is 1.31. The molecule has 4 heteroatoms. The smallest absolute Gasteiger partial charge is 0.246 e. The molecule has 1 heterocycles. The molecule has 2 atom stereocenters. The number of nitrogens with zero attached hydrogens (tertiary/aromatic N) is 1. The summed E-state index contributed by atoms with van der Waals surface area (Å²) in [6, 6.07) is -0.358. The van der Waals surface area contributed by atoms with E-state index >= 15 is 0 Å². The van der Waals surface area contributed by atoms with Crippen LogP contribution in [0.1, 0.15) is 46.0 Å². The van der Waals surface area contributed by atoms with E-state index in [1.54, 1.807) is 6.92 Å². The summed E-state index contributed by atoms with van der Waals surface area (Å²) in [6.07, 6.45) is 5.80. The van der Waals surface area contributed by atoms with Crippen molar-refractivity contribution in [3.63, 3.8) is 0 Å². The second kappa shape index (κ2) is 3.97. The topological polar surface area (TPSA) is 49.4 Å². The number of piperazine rings is 1. The van der Waals surface area contributed by atoms with Crippen LogP contribution in [0, 0.1) is 11.8 Å². The van der Waals surface area contributed by atoms with Crippen molar-refractivity contribution in [3.05, 3.63) is 0 Å². The Bertz CT molecular complexity index is 387. The highest BCUT2D eigenvalue weighted by Gasteiger charge is 2.56. The van der Waals surface area contributed by atoms with Gasteiger partial charge >= 0.3 is 0 Å². The van der Waals surface area contributed by atoms with Crippen LogP contribution in [0.25, 0.3) is 0 Å². The number of rotatable bonds is 4. The predicted molar refractivity (Wildman–Crippen MR) is 67.8 cm³/mol. The number of carbonyl (C=O) groups is 2. The molecular formula is C14H22N2O2. The maximum Gasteiger partial charge on any atom is 0.246 e. The monoisotopic (exact) mass is 250 g/mol. The zero-order valence-corrected chi connectivity index (χ0v) is 11.2. The molecule has 2 aliphatic carbocycles. The van der Waals surface area contributed by atoms with Crippen LogP contribution < -0.4 is 5.32 Å². The average molecular weight is 250 g/mol. The third kappa shape index (κ3) is 1.82. The van der Waals surface area contributed by atoms with E-state index in [2.05, 4.69) is 5.32 Å². The maximum atomic E-state index is 12.4. The van der Waals surface area contributed by atoms with Gasteiger partial charge in [-0.3, -0.25) is 9.59 Å². The van der Waals surface area contributed by atoms with Gasteiger partial charge in [0.15, 0.2) is 0 Å². The van der Waals surface area contributed by atoms with E-state index in [4.69, 9.17) is 0 Å². The summed E-state index contributed by atoms with van der Waals surface area (Å²) in [6.45, 7) is 4.50. The number of hydrogen-bond donors (Lipinski definition) is 1. The zero-order chi connectivity index (χ0) is 12.9. The summed E-state index contributed by atoms with van der Waals surface area (Å²) in [5.41, 5.74) is -0.585. The van der Waals surface area contributed by atoms with Crippen molar-refractivity contribution in [1.82, 2.24) is 10.2 Å². The van der Waals surface area contributed by atoms with Crippen molar-refractivity contribution in [1.29, 1.82) is 0 Å². The standard InChI is InChI=1S/C14H22N2O2/c1-9-12(17)16(8-7-10-3-4-10)14(2,11-5-6-11)13(18)15-9/h9-11H,3-8H2,1-2H3,(H,15,18). The van der Waals surface area contributed by atoms with Crippen LogP contribution in [0.3, 0.4) is 0 Å². The van der Waals surface area contributed by atoms with Gasteiger partial charge in [0.2, 0.25) is 11.8 Å². The quantitative estimate of drug-likeness (QED) is 0.817. The van der Waals surface area contributed by atoms with E-state index in [0.29, 0.717) is 5.92 Å². The molecule has 2 unspecified atom stereocenters. The van der Waals surface area contributed by atoms with E-state index in [0.717, 1.165) is 31.7 Å². The summed E-state index contributed by atoms with van der Waals surface area (Å²) < 4.78 is 0. The molecule has 1 N–H and O–H groups in total. The fourth-order valence-corrected chi connectivity index (χ4v) is 3.10. The van der Waals surface area contributed by atoms with Crippen molar-refractivity contribution >= 4 is 11.8 Å². The Labute approximate surface area is 108 Å². The van der Waals surface area contributed by atoms with Crippen molar-refractivity contribution < 1.29 is 9.59 Å². The fourth-order valence-electron chi connectivity index (χ4n) is 3.10. The van der Waals surface area contributed by atoms with Crippen molar-refractivity contribution in [2.45, 2.75) is 57.5 Å². The number of carbonyl (C=O) groups excluding carboxylic acids is 2. The van der Waals surface area contributed by atoms with Gasteiger partial charge in [0, 0.05) is 6.54 Å². The van der Waals surface area contributed by atoms with Gasteiger partial charge in [0.25, 0.3) is 0 Å². The molecule has 1 saturated heterocycles. The summed E-state index contributed by atoms with van der Waals surface area (Å²) in [4.78, 5) is 26.6. The van der Waals surface area contributed by atoms with Gasteiger partial charge in [-0.25, -0.2) is 0 Å². The van der Waals surface area contributed by atoms with E-state index < -0.39 is 5.54 Å². The third-order valence-electron chi connectivity index (χ3n) is 4.83. The fraction of sp³-hybridized carbons (Fsp3) is 0.857. The Balaban J connectivity index is 1.81. The van der Waals surface area contributed by atoms with Crippen LogP contribution in [0.5, 0.6) is 0 Å². The molecule has 2 saturated carbocycles. The van der Waals surface area contributed by atoms with Gasteiger partial charge in [0.05, 0.1) is 0 Å². The van der Waals surface area contributed by atoms with Crippen LogP contribution in [0.4, 0.5) is 0 Å². The Morgan fingerprint density at radius 2 is 1.94 bits per heavy atom. The largest absolute Gasteiger partial charge is 0.343 e.